The van der Waals surface area contributed by atoms with Gasteiger partial charge in [-0.05, 0) is 62.2 Å². The van der Waals surface area contributed by atoms with E-state index < -0.39 is 11.7 Å². The van der Waals surface area contributed by atoms with Gasteiger partial charge in [0.1, 0.15) is 5.82 Å². The molecule has 2 aromatic carbocycles. The Balaban J connectivity index is 1.90. The van der Waals surface area contributed by atoms with Gasteiger partial charge in [-0.25, -0.2) is 4.39 Å². The topological polar surface area (TPSA) is 74.0 Å². The summed E-state index contributed by atoms with van der Waals surface area (Å²) in [7, 11) is 0. The number of nitrogens with one attached hydrogen (secondary N) is 3. The molecule has 0 atom stereocenters. The standard InChI is InChI=1S/C17H12Br2FN3O2/c1-8(24)22-16-4-9(2-3-14(16)20)23-17(25)11-7-21-15-6-13(19)12(18)5-10(11)15/h2-7,21H,1H3,(H,22,24)(H,23,25). The number of carbonyl (C=O) groups excluding carboxylic acids is 2. The zero-order chi connectivity index (χ0) is 18.1. The number of carbonyl (C=O) groups is 2. The second-order valence-corrected chi connectivity index (χ2v) is 7.05. The summed E-state index contributed by atoms with van der Waals surface area (Å²) in [5.74, 6) is -1.32. The average Bonchev–Trinajstić information content (AvgIpc) is 2.93. The van der Waals surface area contributed by atoms with Crippen molar-refractivity contribution in [2.45, 2.75) is 6.92 Å². The zero-order valence-corrected chi connectivity index (χ0v) is 16.1. The van der Waals surface area contributed by atoms with Gasteiger partial charge in [-0.15, -0.1) is 0 Å². The van der Waals surface area contributed by atoms with E-state index in [0.29, 0.717) is 11.3 Å². The zero-order valence-electron chi connectivity index (χ0n) is 12.9. The van der Waals surface area contributed by atoms with Crippen molar-refractivity contribution in [1.29, 1.82) is 0 Å². The second kappa shape index (κ2) is 6.97. The van der Waals surface area contributed by atoms with Gasteiger partial charge in [-0.2, -0.15) is 0 Å². The van der Waals surface area contributed by atoms with Crippen LogP contribution >= 0.6 is 31.9 Å². The van der Waals surface area contributed by atoms with Crippen LogP contribution < -0.4 is 10.6 Å². The average molecular weight is 469 g/mol. The third kappa shape index (κ3) is 3.74. The Labute approximate surface area is 159 Å². The van der Waals surface area contributed by atoms with Gasteiger partial charge in [-0.3, -0.25) is 9.59 Å². The van der Waals surface area contributed by atoms with Gasteiger partial charge in [0.25, 0.3) is 5.91 Å². The molecular weight excluding hydrogens is 457 g/mol. The van der Waals surface area contributed by atoms with Crippen molar-refractivity contribution in [1.82, 2.24) is 4.98 Å². The first-order valence-corrected chi connectivity index (χ1v) is 8.78. The number of fused-ring (bicyclic) bond motifs is 1. The van der Waals surface area contributed by atoms with E-state index in [1.54, 1.807) is 6.20 Å². The number of H-pyrrole nitrogens is 1. The lowest BCUT2D eigenvalue weighted by Gasteiger charge is -2.09. The fourth-order valence-electron chi connectivity index (χ4n) is 2.39. The number of aromatic nitrogens is 1. The highest BCUT2D eigenvalue weighted by atomic mass is 79.9. The summed E-state index contributed by atoms with van der Waals surface area (Å²) in [6.07, 6.45) is 1.61. The number of halogens is 3. The molecule has 0 saturated carbocycles. The van der Waals surface area contributed by atoms with E-state index in [0.717, 1.165) is 19.8 Å². The van der Waals surface area contributed by atoms with Gasteiger partial charge in [0, 0.05) is 38.7 Å². The van der Waals surface area contributed by atoms with Crippen LogP contribution in [0, 0.1) is 5.82 Å². The van der Waals surface area contributed by atoms with Crippen molar-refractivity contribution >= 4 is 66.0 Å². The number of hydrogen-bond donors (Lipinski definition) is 3. The maximum absolute atomic E-state index is 13.7. The highest BCUT2D eigenvalue weighted by Gasteiger charge is 2.15. The molecule has 0 spiro atoms. The maximum Gasteiger partial charge on any atom is 0.257 e. The van der Waals surface area contributed by atoms with Crippen LogP contribution in [0.4, 0.5) is 15.8 Å². The third-order valence-corrected chi connectivity index (χ3v) is 5.35. The minimum Gasteiger partial charge on any atom is -0.360 e. The maximum atomic E-state index is 13.7. The number of rotatable bonds is 3. The fraction of sp³-hybridized carbons (Fsp3) is 0.0588. The van der Waals surface area contributed by atoms with E-state index in [1.807, 2.05) is 12.1 Å². The van der Waals surface area contributed by atoms with E-state index >= 15 is 0 Å². The van der Waals surface area contributed by atoms with Gasteiger partial charge in [0.15, 0.2) is 0 Å². The Morgan fingerprint density at radius 2 is 1.80 bits per heavy atom. The van der Waals surface area contributed by atoms with Crippen LogP contribution in [0.3, 0.4) is 0 Å². The molecule has 0 aliphatic carbocycles. The molecule has 0 aliphatic heterocycles. The Morgan fingerprint density at radius 3 is 2.52 bits per heavy atom. The van der Waals surface area contributed by atoms with Crippen molar-refractivity contribution in [3.8, 4) is 0 Å². The summed E-state index contributed by atoms with van der Waals surface area (Å²) in [6, 6.07) is 7.68. The van der Waals surface area contributed by atoms with Crippen molar-refractivity contribution in [3.05, 3.63) is 56.9 Å². The van der Waals surface area contributed by atoms with Crippen LogP contribution in [0.15, 0.2) is 45.5 Å². The van der Waals surface area contributed by atoms with E-state index in [1.165, 1.54) is 25.1 Å². The quantitative estimate of drug-likeness (QED) is 0.503. The summed E-state index contributed by atoms with van der Waals surface area (Å²) in [5, 5.41) is 5.84. The molecule has 5 nitrogen and oxygen atoms in total. The van der Waals surface area contributed by atoms with E-state index in [9.17, 15) is 14.0 Å². The van der Waals surface area contributed by atoms with Gasteiger partial charge in [0.2, 0.25) is 5.91 Å². The second-order valence-electron chi connectivity index (χ2n) is 5.34. The Hall–Kier alpha value is -2.19. The molecule has 3 rings (SSSR count). The SMILES string of the molecule is CC(=O)Nc1cc(NC(=O)c2c[nH]c3cc(Br)c(Br)cc23)ccc1F. The molecule has 2 amide bonds. The molecule has 0 radical (unpaired) electrons. The van der Waals surface area contributed by atoms with Crippen LogP contribution in [0.25, 0.3) is 10.9 Å². The van der Waals surface area contributed by atoms with Crippen molar-refractivity contribution in [2.75, 3.05) is 10.6 Å². The van der Waals surface area contributed by atoms with Crippen molar-refractivity contribution in [3.63, 3.8) is 0 Å². The minimum atomic E-state index is -0.575. The van der Waals surface area contributed by atoms with Gasteiger partial charge >= 0.3 is 0 Å². The summed E-state index contributed by atoms with van der Waals surface area (Å²) in [5.41, 5.74) is 1.64. The lowest BCUT2D eigenvalue weighted by Crippen LogP contribution is -2.13. The van der Waals surface area contributed by atoms with Gasteiger partial charge in [-0.1, -0.05) is 0 Å². The molecule has 3 aromatic rings. The highest BCUT2D eigenvalue weighted by Crippen LogP contribution is 2.30. The summed E-state index contributed by atoms with van der Waals surface area (Å²) >= 11 is 6.83. The van der Waals surface area contributed by atoms with E-state index in [4.69, 9.17) is 0 Å². The normalized spacial score (nSPS) is 10.7. The first-order chi connectivity index (χ1) is 11.8. The Kier molecular flexibility index (Phi) is 4.91. The van der Waals surface area contributed by atoms with Crippen LogP contribution in [-0.2, 0) is 4.79 Å². The fourth-order valence-corrected chi connectivity index (χ4v) is 3.08. The monoisotopic (exact) mass is 467 g/mol. The molecular formula is C17H12Br2FN3O2. The lowest BCUT2D eigenvalue weighted by molar-refractivity contribution is -0.114. The molecule has 0 bridgehead atoms. The van der Waals surface area contributed by atoms with Crippen LogP contribution in [0.5, 0.6) is 0 Å². The lowest BCUT2D eigenvalue weighted by atomic mass is 10.1. The largest absolute Gasteiger partial charge is 0.360 e. The van der Waals surface area contributed by atoms with E-state index in [2.05, 4.69) is 47.5 Å². The molecule has 0 unspecified atom stereocenters. The van der Waals surface area contributed by atoms with Gasteiger partial charge in [0.05, 0.1) is 11.3 Å². The number of aromatic amines is 1. The highest BCUT2D eigenvalue weighted by molar-refractivity contribution is 9.13. The molecule has 0 fully saturated rings. The van der Waals surface area contributed by atoms with Crippen LogP contribution in [-0.4, -0.2) is 16.8 Å². The number of benzene rings is 2. The van der Waals surface area contributed by atoms with Crippen molar-refractivity contribution in [2.24, 2.45) is 0 Å². The van der Waals surface area contributed by atoms with Crippen LogP contribution in [0.2, 0.25) is 0 Å². The molecule has 25 heavy (non-hydrogen) atoms. The summed E-state index contributed by atoms with van der Waals surface area (Å²) in [4.78, 5) is 26.7. The number of amides is 2. The van der Waals surface area contributed by atoms with Gasteiger partial charge < -0.3 is 15.6 Å². The predicted octanol–water partition coefficient (Wildman–Crippen LogP) is 5.04. The molecule has 128 valence electrons. The molecule has 0 saturated heterocycles. The summed E-state index contributed by atoms with van der Waals surface area (Å²) < 4.78 is 15.4. The minimum absolute atomic E-state index is 0.0101. The van der Waals surface area contributed by atoms with Crippen molar-refractivity contribution < 1.29 is 14.0 Å². The Bertz CT molecular complexity index is 1000. The molecule has 3 N–H and O–H groups in total. The third-order valence-electron chi connectivity index (χ3n) is 3.50. The Morgan fingerprint density at radius 1 is 1.08 bits per heavy atom. The van der Waals surface area contributed by atoms with Crippen LogP contribution in [0.1, 0.15) is 17.3 Å². The predicted molar refractivity (Wildman–Crippen MR) is 102 cm³/mol. The smallest absolute Gasteiger partial charge is 0.257 e. The molecule has 1 heterocycles. The van der Waals surface area contributed by atoms with E-state index in [-0.39, 0.29) is 11.6 Å². The molecule has 8 heteroatoms. The number of hydrogen-bond acceptors (Lipinski definition) is 2. The first kappa shape index (κ1) is 17.6. The first-order valence-electron chi connectivity index (χ1n) is 7.20. The molecule has 1 aromatic heterocycles. The molecule has 0 aliphatic rings. The number of anilines is 2. The summed E-state index contributed by atoms with van der Waals surface area (Å²) in [6.45, 7) is 1.28.